The number of carbonyl (C=O) groups excluding carboxylic acids is 9. The number of ether oxygens (including phenoxy) is 10. The number of esters is 9. The van der Waals surface area contributed by atoms with Gasteiger partial charge in [-0.3, -0.25) is 9.59 Å². The second-order valence-corrected chi connectivity index (χ2v) is 18.2. The lowest BCUT2D eigenvalue weighted by Crippen LogP contribution is -2.30. The van der Waals surface area contributed by atoms with E-state index in [0.717, 1.165) is 18.9 Å². The van der Waals surface area contributed by atoms with Gasteiger partial charge in [-0.2, -0.15) is 0 Å². The Morgan fingerprint density at radius 3 is 1.19 bits per heavy atom. The van der Waals surface area contributed by atoms with E-state index in [1.165, 1.54) is 91.0 Å². The molecule has 1 unspecified atom stereocenters. The lowest BCUT2D eigenvalue weighted by Gasteiger charge is -2.26. The molecule has 4 aromatic rings. The number of aliphatic hydroxyl groups excluding tert-OH is 1. The van der Waals surface area contributed by atoms with Crippen LogP contribution in [-0.4, -0.2) is 105 Å². The summed E-state index contributed by atoms with van der Waals surface area (Å²) >= 11 is 0. The fourth-order valence-electron chi connectivity index (χ4n) is 7.59. The molecule has 0 amide bonds. The summed E-state index contributed by atoms with van der Waals surface area (Å²) in [5.74, 6) is -8.02. The minimum atomic E-state index is -1.07. The third-order valence-corrected chi connectivity index (χ3v) is 12.2. The van der Waals surface area contributed by atoms with Crippen LogP contribution in [0.5, 0.6) is 23.0 Å². The van der Waals surface area contributed by atoms with Gasteiger partial charge in [0.15, 0.2) is 6.29 Å². The number of aliphatic hydroxyl groups is 1. The molecule has 0 heterocycles. The monoisotopic (exact) mass is 1110 g/mol. The van der Waals surface area contributed by atoms with Gasteiger partial charge in [-0.1, -0.05) is 39.8 Å². The Morgan fingerprint density at radius 1 is 0.463 bits per heavy atom. The summed E-state index contributed by atoms with van der Waals surface area (Å²) < 4.78 is 54.0. The largest absolute Gasteiger partial charge is 0.463 e. The summed E-state index contributed by atoms with van der Waals surface area (Å²) in [5.41, 5.74) is 0.107. The van der Waals surface area contributed by atoms with Crippen LogP contribution in [0.15, 0.2) is 110 Å². The smallest absolute Gasteiger partial charge is 0.343 e. The van der Waals surface area contributed by atoms with Gasteiger partial charge in [-0.05, 0) is 155 Å². The van der Waals surface area contributed by atoms with Crippen molar-refractivity contribution in [3.8, 4) is 23.0 Å². The van der Waals surface area contributed by atoms with Crippen molar-refractivity contribution in [3.63, 3.8) is 0 Å². The van der Waals surface area contributed by atoms with Crippen molar-refractivity contribution < 1.29 is 95.6 Å². The molecule has 1 aliphatic carbocycles. The first-order valence-corrected chi connectivity index (χ1v) is 26.4. The van der Waals surface area contributed by atoms with Crippen LogP contribution in [0.3, 0.4) is 0 Å². The Hall–Kier alpha value is -8.49. The van der Waals surface area contributed by atoms with Gasteiger partial charge in [-0.15, -0.1) is 0 Å². The van der Waals surface area contributed by atoms with Crippen molar-refractivity contribution in [1.29, 1.82) is 0 Å². The molecule has 0 aliphatic heterocycles. The van der Waals surface area contributed by atoms with E-state index in [0.29, 0.717) is 38.5 Å². The van der Waals surface area contributed by atoms with Crippen LogP contribution in [0, 0.1) is 11.8 Å². The van der Waals surface area contributed by atoms with Crippen LogP contribution in [0.4, 0.5) is 0 Å². The van der Waals surface area contributed by atoms with E-state index < -0.39 is 71.8 Å². The highest BCUT2D eigenvalue weighted by atomic mass is 16.6. The van der Waals surface area contributed by atoms with Crippen LogP contribution in [-0.2, 0) is 42.8 Å². The third kappa shape index (κ3) is 20.1. The lowest BCUT2D eigenvalue weighted by atomic mass is 9.82. The first kappa shape index (κ1) is 62.4. The van der Waals surface area contributed by atoms with Gasteiger partial charge in [0.2, 0.25) is 0 Å². The maximum Gasteiger partial charge on any atom is 0.343 e. The molecule has 1 aliphatic rings. The van der Waals surface area contributed by atoms with Gasteiger partial charge < -0.3 is 52.5 Å². The van der Waals surface area contributed by atoms with Crippen molar-refractivity contribution in [2.45, 2.75) is 97.2 Å². The summed E-state index contributed by atoms with van der Waals surface area (Å²) in [5, 5.41) is 9.36. The molecule has 0 bridgehead atoms. The van der Waals surface area contributed by atoms with E-state index in [-0.39, 0.29) is 122 Å². The van der Waals surface area contributed by atoms with Crippen molar-refractivity contribution in [2.75, 3.05) is 39.6 Å². The van der Waals surface area contributed by atoms with Crippen LogP contribution in [0.25, 0.3) is 0 Å². The molecule has 5 rings (SSSR count). The summed E-state index contributed by atoms with van der Waals surface area (Å²) in [4.78, 5) is 116. The fourth-order valence-corrected chi connectivity index (χ4v) is 7.59. The maximum atomic E-state index is 13.5. The molecule has 0 saturated heterocycles. The second kappa shape index (κ2) is 33.1. The highest BCUT2D eigenvalue weighted by Crippen LogP contribution is 2.34. The topological polar surface area (TPSA) is 266 Å². The molecular formula is C60H66O20. The minimum Gasteiger partial charge on any atom is -0.463 e. The van der Waals surface area contributed by atoms with Crippen molar-refractivity contribution in [1.82, 2.24) is 0 Å². The summed E-state index contributed by atoms with van der Waals surface area (Å²) in [6.45, 7) is 11.3. The van der Waals surface area contributed by atoms with Crippen molar-refractivity contribution >= 4 is 53.7 Å². The number of hydrogen-bond donors (Lipinski definition) is 1. The van der Waals surface area contributed by atoms with E-state index in [9.17, 15) is 48.3 Å². The number of benzene rings is 4. The van der Waals surface area contributed by atoms with E-state index in [4.69, 9.17) is 47.4 Å². The zero-order valence-corrected chi connectivity index (χ0v) is 44.8. The van der Waals surface area contributed by atoms with E-state index in [1.807, 2.05) is 13.8 Å². The van der Waals surface area contributed by atoms with Crippen LogP contribution < -0.4 is 18.9 Å². The fraction of sp³-hybridized carbons (Fsp3) is 0.383. The molecule has 426 valence electrons. The Kier molecular flexibility index (Phi) is 25.8. The molecule has 20 nitrogen and oxygen atoms in total. The predicted octanol–water partition coefficient (Wildman–Crippen LogP) is 9.48. The first-order valence-electron chi connectivity index (χ1n) is 26.4. The van der Waals surface area contributed by atoms with E-state index in [1.54, 1.807) is 0 Å². The van der Waals surface area contributed by atoms with Gasteiger partial charge in [0.05, 0.1) is 73.7 Å². The van der Waals surface area contributed by atoms with Gasteiger partial charge in [0, 0.05) is 6.08 Å². The van der Waals surface area contributed by atoms with E-state index in [2.05, 4.69) is 13.2 Å². The third-order valence-electron chi connectivity index (χ3n) is 12.2. The lowest BCUT2D eigenvalue weighted by molar-refractivity contribution is -0.145. The molecule has 1 saturated carbocycles. The normalized spacial score (nSPS) is 14.0. The zero-order chi connectivity index (χ0) is 57.8. The Labute approximate surface area is 463 Å². The first-order chi connectivity index (χ1) is 38.6. The molecular weight excluding hydrogens is 1040 g/mol. The molecule has 1 atom stereocenters. The minimum absolute atomic E-state index is 0.0206. The summed E-state index contributed by atoms with van der Waals surface area (Å²) in [7, 11) is 0. The SMILES string of the molecule is C=CC(=O)OCCCCOC(=O)c1ccc(C(=O)Oc2ccc(OC(=O)C3CCC(C(=O)Oc4ccc(OC(=O)c5ccc(C(=O)OCCCCOC(O)C=C)cc5)c(C(=O)OCCCC)c4)CC3)cc2C(=O)OCCCC)cc1. The zero-order valence-electron chi connectivity index (χ0n) is 44.8. The Morgan fingerprint density at radius 2 is 0.812 bits per heavy atom. The molecule has 0 radical (unpaired) electrons. The average molecular weight is 1110 g/mol. The van der Waals surface area contributed by atoms with Gasteiger partial charge >= 0.3 is 53.7 Å². The molecule has 1 fully saturated rings. The predicted molar refractivity (Wildman–Crippen MR) is 285 cm³/mol. The number of unbranched alkanes of at least 4 members (excludes halogenated alkanes) is 4. The molecule has 0 aromatic heterocycles. The van der Waals surface area contributed by atoms with Gasteiger partial charge in [0.1, 0.15) is 34.1 Å². The van der Waals surface area contributed by atoms with Gasteiger partial charge in [-0.25, -0.2) is 33.6 Å². The molecule has 4 aromatic carbocycles. The molecule has 20 heteroatoms. The maximum absolute atomic E-state index is 13.5. The second-order valence-electron chi connectivity index (χ2n) is 18.2. The Balaban J connectivity index is 1.15. The summed E-state index contributed by atoms with van der Waals surface area (Å²) in [6.07, 6.45) is 6.77. The summed E-state index contributed by atoms with van der Waals surface area (Å²) in [6, 6.07) is 18.8. The average Bonchev–Trinajstić information content (AvgIpc) is 3.47. The van der Waals surface area contributed by atoms with E-state index >= 15 is 0 Å². The van der Waals surface area contributed by atoms with Crippen LogP contribution in [0.1, 0.15) is 153 Å². The quantitative estimate of drug-likeness (QED) is 0.00934. The molecule has 1 N–H and O–H groups in total. The highest BCUT2D eigenvalue weighted by molar-refractivity contribution is 5.99. The number of rotatable bonds is 31. The standard InChI is InChI=1S/C60H66O20/c1-5-9-31-75-59(69)47-37-45(27-29-49(47)79-57(67)43-19-15-39(16-20-43)53(63)73-35-13-11-33-71-51(61)7-3)77-55(65)41-23-25-42(26-24-41)56(66)78-46-28-30-50(48(38-46)60(70)76-32-10-6-2)80-58(68)44-21-17-40(18-22-44)54(64)74-36-14-12-34-72-52(62)8-4/h7-8,15-22,27-30,37-38,41-42,51,61H,3-6,9-14,23-26,31-36H2,1-2H3. The number of carbonyl (C=O) groups is 9. The van der Waals surface area contributed by atoms with Crippen LogP contribution in [0.2, 0.25) is 0 Å². The van der Waals surface area contributed by atoms with Crippen molar-refractivity contribution in [2.24, 2.45) is 11.8 Å². The van der Waals surface area contributed by atoms with Crippen LogP contribution >= 0.6 is 0 Å². The highest BCUT2D eigenvalue weighted by Gasteiger charge is 2.33. The number of hydrogen-bond acceptors (Lipinski definition) is 20. The van der Waals surface area contributed by atoms with Crippen molar-refractivity contribution in [3.05, 3.63) is 144 Å². The van der Waals surface area contributed by atoms with Gasteiger partial charge in [0.25, 0.3) is 0 Å². The molecule has 80 heavy (non-hydrogen) atoms. The molecule has 0 spiro atoms. The Bertz CT molecular complexity index is 2790.